The second kappa shape index (κ2) is 12.5. The monoisotopic (exact) mass is 797 g/mol. The molecule has 7 aromatic rings. The van der Waals surface area contributed by atoms with Gasteiger partial charge in [0.1, 0.15) is 0 Å². The van der Waals surface area contributed by atoms with Crippen LogP contribution in [0.5, 0.6) is 0 Å². The van der Waals surface area contributed by atoms with Gasteiger partial charge in [-0.2, -0.15) is 5.26 Å². The van der Waals surface area contributed by atoms with Crippen LogP contribution in [0.25, 0.3) is 27.5 Å². The first-order valence-corrected chi connectivity index (χ1v) is 19.7. The number of fused-ring (bicyclic) bond motifs is 7. The molecule has 2 aliphatic carbocycles. The maximum Gasteiger partial charge on any atom is 0.0993 e. The Morgan fingerprint density at radius 1 is 0.569 bits per heavy atom. The van der Waals surface area contributed by atoms with E-state index in [9.17, 15) is 23.1 Å². The molecule has 0 amide bonds. The van der Waals surface area contributed by atoms with Crippen LogP contribution >= 0.6 is 11.6 Å². The average Bonchev–Trinajstić information content (AvgIpc) is 3.87. The first-order valence-electron chi connectivity index (χ1n) is 28.8. The Morgan fingerprint density at radius 2 is 1.09 bits per heavy atom. The lowest BCUT2D eigenvalue weighted by Gasteiger charge is -2.43. The molecule has 2 heterocycles. The molecule has 0 saturated heterocycles. The average molecular weight is 799 g/mol. The molecule has 1 aliphatic heterocycles. The fourth-order valence-electron chi connectivity index (χ4n) is 8.88. The molecule has 1 aromatic heterocycles. The van der Waals surface area contributed by atoms with Crippen LogP contribution in [0, 0.1) is 11.3 Å². The van der Waals surface area contributed by atoms with Crippen molar-refractivity contribution in [3.05, 3.63) is 148 Å². The molecule has 0 radical (unpaired) electrons. The lowest BCUT2D eigenvalue weighted by atomic mass is 9.63. The van der Waals surface area contributed by atoms with Gasteiger partial charge in [0, 0.05) is 22.1 Å². The highest BCUT2D eigenvalue weighted by Crippen LogP contribution is 2.55. The molecule has 58 heavy (non-hydrogen) atoms. The van der Waals surface area contributed by atoms with Gasteiger partial charge in [-0.15, -0.1) is 0 Å². The molecule has 10 rings (SSSR count). The van der Waals surface area contributed by atoms with Crippen molar-refractivity contribution in [2.75, 3.05) is 9.80 Å². The predicted octanol–water partition coefficient (Wildman–Crippen LogP) is 15.3. The Labute approximate surface area is 375 Å². The van der Waals surface area contributed by atoms with E-state index in [0.717, 1.165) is 14.4 Å². The van der Waals surface area contributed by atoms with Crippen molar-refractivity contribution in [2.24, 2.45) is 0 Å². The fraction of sp³-hybridized carbons (Fsp3) is 0.302. The highest BCUT2D eigenvalue weighted by atomic mass is 35.5. The zero-order valence-electron chi connectivity index (χ0n) is 52.5. The van der Waals surface area contributed by atoms with Crippen molar-refractivity contribution in [2.45, 2.75) is 103 Å². The molecule has 0 spiro atoms. The maximum atomic E-state index is 11.2. The molecule has 0 unspecified atom stereocenters. The highest BCUT2D eigenvalue weighted by molar-refractivity contribution is 6.37. The largest absolute Gasteiger partial charge is 0.309 e. The van der Waals surface area contributed by atoms with Crippen molar-refractivity contribution in [3.8, 4) is 11.8 Å². The van der Waals surface area contributed by atoms with Crippen molar-refractivity contribution in [1.82, 2.24) is 4.57 Å². The van der Waals surface area contributed by atoms with Gasteiger partial charge in [-0.3, -0.25) is 0 Å². The Kier molecular flexibility index (Phi) is 4.63. The van der Waals surface area contributed by atoms with Gasteiger partial charge in [-0.25, -0.2) is 0 Å². The zero-order chi connectivity index (χ0) is 57.1. The number of hydrogen-bond donors (Lipinski definition) is 0. The summed E-state index contributed by atoms with van der Waals surface area (Å²) in [5, 5.41) is 9.77. The van der Waals surface area contributed by atoms with Crippen LogP contribution in [0.2, 0.25) is 5.02 Å². The summed E-state index contributed by atoms with van der Waals surface area (Å²) in [4.78, 5) is 1.91. The molecule has 5 heteroatoms. The van der Waals surface area contributed by atoms with Gasteiger partial charge in [0.15, 0.2) is 0 Å². The first-order chi connectivity index (χ1) is 35.6. The molecular formula is C53H51ClN4. The third-order valence-corrected chi connectivity index (χ3v) is 12.8. The lowest BCUT2D eigenvalue weighted by Crippen LogP contribution is -2.34. The minimum absolute atomic E-state index is 0.319. The SMILES string of the molecule is [2H]c1c([2H])c([2H])c2c(c1[2H])N(c1c([2H])c(C#N)c([2H])c(N(c3c([2H])c([2H])c4c(c3[2H])C(C)(C)CCC4(C)C)c3c([2H])c([2H])c4c(c3[2H])C(C)(C)CCC4(C)C)c1Cl)c1c([2H])c([2H])c([2H])c3c4c([2H])c([2H])c([2H])c([2H])c4n-2c13. The smallest absolute Gasteiger partial charge is 0.0993 e. The van der Waals surface area contributed by atoms with Gasteiger partial charge in [-0.1, -0.05) is 121 Å². The number of para-hydroxylation sites is 4. The number of nitrogens with zero attached hydrogens (tertiary/aromatic N) is 4. The molecular weight excluding hydrogens is 728 g/mol. The summed E-state index contributed by atoms with van der Waals surface area (Å²) >= 11 is 7.82. The Balaban J connectivity index is 1.48. The minimum atomic E-state index is -0.884. The molecule has 6 aromatic carbocycles. The maximum absolute atomic E-state index is 11.2. The number of aromatic nitrogens is 1. The lowest BCUT2D eigenvalue weighted by molar-refractivity contribution is 0.332. The van der Waals surface area contributed by atoms with E-state index in [4.69, 9.17) is 19.8 Å². The second-order valence-electron chi connectivity index (χ2n) is 18.1. The number of anilines is 6. The van der Waals surface area contributed by atoms with Gasteiger partial charge in [-0.05, 0) is 130 Å². The second-order valence-corrected chi connectivity index (χ2v) is 18.5. The first kappa shape index (κ1) is 21.5. The third-order valence-electron chi connectivity index (χ3n) is 12.5. The number of benzene rings is 6. The van der Waals surface area contributed by atoms with E-state index in [2.05, 4.69) is 0 Å². The Hall–Kier alpha value is -5.50. The van der Waals surface area contributed by atoms with Gasteiger partial charge >= 0.3 is 0 Å². The van der Waals surface area contributed by atoms with Crippen LogP contribution < -0.4 is 9.80 Å². The van der Waals surface area contributed by atoms with Crippen molar-refractivity contribution in [3.63, 3.8) is 0 Å². The molecule has 0 saturated carbocycles. The van der Waals surface area contributed by atoms with Crippen LogP contribution in [0.3, 0.4) is 0 Å². The van der Waals surface area contributed by atoms with E-state index >= 15 is 0 Å². The molecule has 3 aliphatic rings. The summed E-state index contributed by atoms with van der Waals surface area (Å²) in [6.07, 6.45) is 2.21. The highest BCUT2D eigenvalue weighted by Gasteiger charge is 2.40. The summed E-state index contributed by atoms with van der Waals surface area (Å²) in [5.74, 6) is 0. The van der Waals surface area contributed by atoms with Gasteiger partial charge in [0.25, 0.3) is 0 Å². The molecule has 0 N–H and O–H groups in total. The van der Waals surface area contributed by atoms with Crippen LogP contribution in [-0.4, -0.2) is 4.57 Å². The standard InChI is InChI=1S/C53H51ClN4/c1-50(2)24-26-52(5,6)40-30-34(20-22-38(40)50)56(35-21-23-39-41(31-35)53(7,8)27-25-51(39,3)4)46-28-33(32-55)29-47(48(46)54)57-43-17-11-12-18-44(43)58-42-16-10-9-14-36(42)37-15-13-19-45(57)49(37)58/h9-23,28-31H,24-27H2,1-8H3/i9D,10D,11D,12D,13D,14D,15D,16D,17D,18D,19D,20D,21D,22D,23D,28D,29D,30D,31D. The summed E-state index contributed by atoms with van der Waals surface area (Å²) < 4.78 is 182. The molecule has 0 atom stereocenters. The topological polar surface area (TPSA) is 35.2 Å². The van der Waals surface area contributed by atoms with E-state index in [0.29, 0.717) is 47.9 Å². The van der Waals surface area contributed by atoms with Crippen LogP contribution in [0.1, 0.15) is 135 Å². The van der Waals surface area contributed by atoms with Crippen LogP contribution in [-0.2, 0) is 21.7 Å². The molecule has 290 valence electrons. The van der Waals surface area contributed by atoms with E-state index in [-0.39, 0.29) is 46.0 Å². The van der Waals surface area contributed by atoms with Gasteiger partial charge in [0.2, 0.25) is 0 Å². The van der Waals surface area contributed by atoms with E-state index in [1.165, 1.54) is 0 Å². The van der Waals surface area contributed by atoms with Crippen molar-refractivity contribution in [1.29, 1.82) is 5.26 Å². The fourth-order valence-corrected chi connectivity index (χ4v) is 9.15. The van der Waals surface area contributed by atoms with Gasteiger partial charge in [0.05, 0.1) is 82.2 Å². The number of halogens is 1. The van der Waals surface area contributed by atoms with Crippen molar-refractivity contribution >= 4 is 67.5 Å². The Bertz CT molecular complexity index is 3890. The molecule has 0 bridgehead atoms. The molecule has 4 nitrogen and oxygen atoms in total. The summed E-state index contributed by atoms with van der Waals surface area (Å²) in [6, 6.07) is -10.9. The summed E-state index contributed by atoms with van der Waals surface area (Å²) in [6.45, 7) is 15.2. The minimum Gasteiger partial charge on any atom is -0.309 e. The van der Waals surface area contributed by atoms with E-state index in [1.807, 2.05) is 61.5 Å². The summed E-state index contributed by atoms with van der Waals surface area (Å²) in [7, 11) is 0. The normalized spacial score (nSPS) is 22.6. The third kappa shape index (κ3) is 5.32. The van der Waals surface area contributed by atoms with Crippen molar-refractivity contribution < 1.29 is 26.0 Å². The van der Waals surface area contributed by atoms with Crippen LogP contribution in [0.4, 0.5) is 34.1 Å². The summed E-state index contributed by atoms with van der Waals surface area (Å²) in [5.41, 5.74) is -7.03. The van der Waals surface area contributed by atoms with Crippen LogP contribution in [0.15, 0.2) is 115 Å². The number of rotatable bonds is 4. The van der Waals surface area contributed by atoms with E-state index < -0.39 is 163 Å². The zero-order valence-corrected chi connectivity index (χ0v) is 34.3. The number of hydrogen-bond acceptors (Lipinski definition) is 3. The quantitative estimate of drug-likeness (QED) is 0.178. The Morgan fingerprint density at radius 3 is 1.69 bits per heavy atom. The van der Waals surface area contributed by atoms with E-state index in [1.54, 1.807) is 0 Å². The van der Waals surface area contributed by atoms with Gasteiger partial charge < -0.3 is 14.4 Å². The molecule has 0 fully saturated rings. The predicted molar refractivity (Wildman–Crippen MR) is 244 cm³/mol. The number of nitriles is 1.